The lowest BCUT2D eigenvalue weighted by Gasteiger charge is -2.26. The molecule has 2 N–H and O–H groups in total. The highest BCUT2D eigenvalue weighted by Gasteiger charge is 2.11. The summed E-state index contributed by atoms with van der Waals surface area (Å²) in [6.07, 6.45) is 1.79. The molecule has 2 aromatic heterocycles. The maximum absolute atomic E-state index is 5.41. The van der Waals surface area contributed by atoms with E-state index in [0.717, 1.165) is 62.2 Å². The molecule has 0 bridgehead atoms. The summed E-state index contributed by atoms with van der Waals surface area (Å²) in [6.45, 7) is 5.96. The average molecular weight is 390 g/mol. The summed E-state index contributed by atoms with van der Waals surface area (Å²) < 4.78 is 5.41. The molecule has 1 saturated heterocycles. The molecule has 0 saturated carbocycles. The van der Waals surface area contributed by atoms with E-state index in [1.54, 1.807) is 6.20 Å². The van der Waals surface area contributed by atoms with Gasteiger partial charge in [0.25, 0.3) is 0 Å². The van der Waals surface area contributed by atoms with E-state index in [-0.39, 0.29) is 0 Å². The lowest BCUT2D eigenvalue weighted by molar-refractivity contribution is 0.0398. The van der Waals surface area contributed by atoms with Gasteiger partial charge >= 0.3 is 0 Å². The number of morpholine rings is 1. The van der Waals surface area contributed by atoms with Gasteiger partial charge in [0, 0.05) is 44.0 Å². The second-order valence-electron chi connectivity index (χ2n) is 6.88. The van der Waals surface area contributed by atoms with Crippen molar-refractivity contribution in [2.75, 3.05) is 50.0 Å². The summed E-state index contributed by atoms with van der Waals surface area (Å²) >= 11 is 0. The van der Waals surface area contributed by atoms with Crippen LogP contribution < -0.4 is 10.6 Å². The van der Waals surface area contributed by atoms with Crippen LogP contribution >= 0.6 is 0 Å². The maximum Gasteiger partial charge on any atom is 0.225 e. The minimum atomic E-state index is 0.576. The highest BCUT2D eigenvalue weighted by molar-refractivity contribution is 5.64. The molecule has 3 heterocycles. The van der Waals surface area contributed by atoms with Gasteiger partial charge in [0.05, 0.1) is 31.1 Å². The first-order chi connectivity index (χ1) is 14.4. The number of nitrogens with zero attached hydrogens (tertiary/aromatic N) is 4. The summed E-state index contributed by atoms with van der Waals surface area (Å²) in [5.41, 5.74) is 2.90. The lowest BCUT2D eigenvalue weighted by atomic mass is 10.1. The van der Waals surface area contributed by atoms with Crippen LogP contribution in [0.25, 0.3) is 11.3 Å². The second-order valence-corrected chi connectivity index (χ2v) is 6.88. The summed E-state index contributed by atoms with van der Waals surface area (Å²) in [4.78, 5) is 16.1. The molecule has 0 unspecified atom stereocenters. The van der Waals surface area contributed by atoms with Crippen LogP contribution in [0, 0.1) is 0 Å². The number of benzene rings is 1. The number of pyridine rings is 1. The third-order valence-corrected chi connectivity index (χ3v) is 4.79. The van der Waals surface area contributed by atoms with Crippen molar-refractivity contribution in [1.82, 2.24) is 19.9 Å². The second kappa shape index (κ2) is 9.95. The monoisotopic (exact) mass is 390 g/mol. The van der Waals surface area contributed by atoms with Crippen molar-refractivity contribution in [2.24, 2.45) is 0 Å². The van der Waals surface area contributed by atoms with E-state index < -0.39 is 0 Å². The van der Waals surface area contributed by atoms with Crippen molar-refractivity contribution in [3.8, 4) is 11.3 Å². The van der Waals surface area contributed by atoms with Crippen molar-refractivity contribution in [3.05, 3.63) is 66.5 Å². The van der Waals surface area contributed by atoms with E-state index in [9.17, 15) is 0 Å². The molecule has 7 heteroatoms. The topological polar surface area (TPSA) is 75.2 Å². The number of rotatable bonds is 8. The molecular weight excluding hydrogens is 364 g/mol. The molecule has 1 fully saturated rings. The molecule has 1 aliphatic heterocycles. The molecule has 1 aliphatic rings. The van der Waals surface area contributed by atoms with Crippen molar-refractivity contribution < 1.29 is 4.74 Å². The number of ether oxygens (including phenoxy) is 1. The SMILES string of the molecule is c1ccc(-c2cc(NCCN3CCOCC3)nc(NCc3ccccn3)n2)cc1. The molecule has 1 aromatic carbocycles. The van der Waals surface area contributed by atoms with Crippen molar-refractivity contribution in [2.45, 2.75) is 6.54 Å². The molecule has 0 radical (unpaired) electrons. The number of anilines is 2. The van der Waals surface area contributed by atoms with Gasteiger partial charge in [-0.15, -0.1) is 0 Å². The van der Waals surface area contributed by atoms with Crippen molar-refractivity contribution in [3.63, 3.8) is 0 Å². The predicted octanol–water partition coefficient (Wildman–Crippen LogP) is 2.89. The Labute approximate surface area is 171 Å². The van der Waals surface area contributed by atoms with Crippen molar-refractivity contribution >= 4 is 11.8 Å². The van der Waals surface area contributed by atoms with E-state index in [0.29, 0.717) is 12.5 Å². The summed E-state index contributed by atoms with van der Waals surface area (Å²) in [5, 5.41) is 6.75. The van der Waals surface area contributed by atoms with E-state index in [4.69, 9.17) is 9.72 Å². The molecule has 150 valence electrons. The highest BCUT2D eigenvalue weighted by atomic mass is 16.5. The minimum Gasteiger partial charge on any atom is -0.379 e. The number of hydrogen-bond donors (Lipinski definition) is 2. The Morgan fingerprint density at radius 3 is 2.55 bits per heavy atom. The third kappa shape index (κ3) is 5.73. The average Bonchev–Trinajstić information content (AvgIpc) is 2.80. The largest absolute Gasteiger partial charge is 0.379 e. The Morgan fingerprint density at radius 1 is 0.931 bits per heavy atom. The maximum atomic E-state index is 5.41. The first kappa shape index (κ1) is 19.3. The Kier molecular flexibility index (Phi) is 6.62. The molecule has 0 atom stereocenters. The molecule has 0 spiro atoms. The first-order valence-corrected chi connectivity index (χ1v) is 9.99. The van der Waals surface area contributed by atoms with Gasteiger partial charge < -0.3 is 15.4 Å². The van der Waals surface area contributed by atoms with Crippen LogP contribution in [0.2, 0.25) is 0 Å². The van der Waals surface area contributed by atoms with Gasteiger partial charge in [-0.1, -0.05) is 36.4 Å². The predicted molar refractivity (Wildman–Crippen MR) is 115 cm³/mol. The third-order valence-electron chi connectivity index (χ3n) is 4.79. The van der Waals surface area contributed by atoms with Crippen LogP contribution in [-0.2, 0) is 11.3 Å². The molecular formula is C22H26N6O. The Balaban J connectivity index is 1.46. The fraction of sp³-hybridized carbons (Fsp3) is 0.318. The molecule has 7 nitrogen and oxygen atoms in total. The van der Waals surface area contributed by atoms with Crippen LogP contribution in [0.15, 0.2) is 60.8 Å². The quantitative estimate of drug-likeness (QED) is 0.612. The number of aromatic nitrogens is 3. The fourth-order valence-corrected chi connectivity index (χ4v) is 3.21. The Bertz CT molecular complexity index is 884. The molecule has 0 amide bonds. The van der Waals surface area contributed by atoms with Gasteiger partial charge in [-0.05, 0) is 12.1 Å². The van der Waals surface area contributed by atoms with Gasteiger partial charge in [0.2, 0.25) is 5.95 Å². The van der Waals surface area contributed by atoms with Gasteiger partial charge in [0.1, 0.15) is 5.82 Å². The molecule has 4 rings (SSSR count). The Hall–Kier alpha value is -3.03. The van der Waals surface area contributed by atoms with E-state index >= 15 is 0 Å². The number of nitrogens with one attached hydrogen (secondary N) is 2. The zero-order valence-electron chi connectivity index (χ0n) is 16.4. The molecule has 29 heavy (non-hydrogen) atoms. The van der Waals surface area contributed by atoms with E-state index in [2.05, 4.69) is 37.6 Å². The summed E-state index contributed by atoms with van der Waals surface area (Å²) in [6, 6.07) is 18.0. The Morgan fingerprint density at radius 2 is 1.76 bits per heavy atom. The zero-order chi connectivity index (χ0) is 19.7. The van der Waals surface area contributed by atoms with E-state index in [1.165, 1.54) is 0 Å². The first-order valence-electron chi connectivity index (χ1n) is 9.99. The van der Waals surface area contributed by atoms with Crippen LogP contribution in [0.5, 0.6) is 0 Å². The standard InChI is InChI=1S/C22H26N6O/c1-2-6-18(7-3-1)20-16-21(24-10-11-28-12-14-29-15-13-28)27-22(26-20)25-17-19-8-4-5-9-23-19/h1-9,16H,10-15,17H2,(H2,24,25,26,27). The molecule has 3 aromatic rings. The van der Waals surface area contributed by atoms with Crippen molar-refractivity contribution in [1.29, 1.82) is 0 Å². The van der Waals surface area contributed by atoms with Gasteiger partial charge in [-0.25, -0.2) is 4.98 Å². The minimum absolute atomic E-state index is 0.576. The number of hydrogen-bond acceptors (Lipinski definition) is 7. The highest BCUT2D eigenvalue weighted by Crippen LogP contribution is 2.21. The summed E-state index contributed by atoms with van der Waals surface area (Å²) in [5.74, 6) is 1.40. The smallest absolute Gasteiger partial charge is 0.225 e. The van der Waals surface area contributed by atoms with E-state index in [1.807, 2.05) is 42.5 Å². The van der Waals surface area contributed by atoms with Crippen LogP contribution in [0.3, 0.4) is 0 Å². The van der Waals surface area contributed by atoms with Crippen LogP contribution in [-0.4, -0.2) is 59.2 Å². The van der Waals surface area contributed by atoms with Gasteiger partial charge in [0.15, 0.2) is 0 Å². The zero-order valence-corrected chi connectivity index (χ0v) is 16.4. The summed E-state index contributed by atoms with van der Waals surface area (Å²) in [7, 11) is 0. The van der Waals surface area contributed by atoms with Crippen LogP contribution in [0.4, 0.5) is 11.8 Å². The normalized spacial score (nSPS) is 14.5. The van der Waals surface area contributed by atoms with Crippen LogP contribution in [0.1, 0.15) is 5.69 Å². The lowest BCUT2D eigenvalue weighted by Crippen LogP contribution is -2.39. The fourth-order valence-electron chi connectivity index (χ4n) is 3.21. The van der Waals surface area contributed by atoms with Gasteiger partial charge in [-0.2, -0.15) is 4.98 Å². The molecule has 0 aliphatic carbocycles. The van der Waals surface area contributed by atoms with Gasteiger partial charge in [-0.3, -0.25) is 9.88 Å².